The molecule has 1 aromatic carbocycles. The Hall–Kier alpha value is -2.11. The Bertz CT molecular complexity index is 530. The molecule has 20 heavy (non-hydrogen) atoms. The number of esters is 1. The molecule has 6 nitrogen and oxygen atoms in total. The Morgan fingerprint density at radius 3 is 2.85 bits per heavy atom. The van der Waals surface area contributed by atoms with E-state index < -0.39 is 10.9 Å². The van der Waals surface area contributed by atoms with Gasteiger partial charge in [-0.25, -0.2) is 4.79 Å². The van der Waals surface area contributed by atoms with Crippen molar-refractivity contribution >= 4 is 17.3 Å². The number of benzene rings is 1. The molecule has 1 fully saturated rings. The summed E-state index contributed by atoms with van der Waals surface area (Å²) in [5, 5.41) is 11.0. The van der Waals surface area contributed by atoms with Crippen molar-refractivity contribution in [3.63, 3.8) is 0 Å². The second kappa shape index (κ2) is 5.90. The van der Waals surface area contributed by atoms with E-state index in [1.54, 1.807) is 19.1 Å². The molecule has 0 aromatic heterocycles. The summed E-state index contributed by atoms with van der Waals surface area (Å²) in [6.07, 6.45) is 1.09. The Balaban J connectivity index is 2.35. The zero-order valence-electron chi connectivity index (χ0n) is 11.7. The van der Waals surface area contributed by atoms with Gasteiger partial charge in [0.1, 0.15) is 5.56 Å². The van der Waals surface area contributed by atoms with Crippen LogP contribution in [0.15, 0.2) is 18.2 Å². The number of hydrogen-bond donors (Lipinski definition) is 0. The fourth-order valence-electron chi connectivity index (χ4n) is 2.42. The third kappa shape index (κ3) is 2.89. The van der Waals surface area contributed by atoms with E-state index >= 15 is 0 Å². The van der Waals surface area contributed by atoms with Gasteiger partial charge in [0.05, 0.1) is 11.5 Å². The van der Waals surface area contributed by atoms with Crippen molar-refractivity contribution in [3.8, 4) is 0 Å². The summed E-state index contributed by atoms with van der Waals surface area (Å²) < 4.78 is 4.90. The molecule has 2 rings (SSSR count). The lowest BCUT2D eigenvalue weighted by Gasteiger charge is -2.18. The number of carbonyl (C=O) groups excluding carboxylic acids is 1. The molecule has 0 aliphatic carbocycles. The molecule has 1 aliphatic rings. The average molecular weight is 278 g/mol. The van der Waals surface area contributed by atoms with Crippen LogP contribution in [0.1, 0.15) is 30.6 Å². The maximum atomic E-state index is 11.9. The summed E-state index contributed by atoms with van der Waals surface area (Å²) in [7, 11) is 0. The first-order valence-electron chi connectivity index (χ1n) is 6.73. The van der Waals surface area contributed by atoms with Gasteiger partial charge in [0.15, 0.2) is 0 Å². The van der Waals surface area contributed by atoms with Gasteiger partial charge in [0.25, 0.3) is 5.69 Å². The van der Waals surface area contributed by atoms with E-state index in [-0.39, 0.29) is 17.9 Å². The minimum Gasteiger partial charge on any atom is -0.462 e. The third-order valence-corrected chi connectivity index (χ3v) is 3.46. The number of anilines is 1. The van der Waals surface area contributed by atoms with Crippen LogP contribution in [-0.2, 0) is 4.74 Å². The normalized spacial score (nSPS) is 18.1. The lowest BCUT2D eigenvalue weighted by Crippen LogP contribution is -2.20. The van der Waals surface area contributed by atoms with Crippen molar-refractivity contribution < 1.29 is 14.5 Å². The van der Waals surface area contributed by atoms with Crippen LogP contribution in [0.25, 0.3) is 0 Å². The van der Waals surface area contributed by atoms with Crippen LogP contribution >= 0.6 is 0 Å². The van der Waals surface area contributed by atoms with Crippen molar-refractivity contribution in [2.45, 2.75) is 20.3 Å². The Morgan fingerprint density at radius 2 is 2.30 bits per heavy atom. The third-order valence-electron chi connectivity index (χ3n) is 3.46. The zero-order valence-corrected chi connectivity index (χ0v) is 11.7. The molecule has 0 bridgehead atoms. The van der Waals surface area contributed by atoms with E-state index in [4.69, 9.17) is 4.74 Å². The van der Waals surface area contributed by atoms with Crippen LogP contribution in [0.2, 0.25) is 0 Å². The molecule has 0 N–H and O–H groups in total. The van der Waals surface area contributed by atoms with Crippen LogP contribution in [0.4, 0.5) is 11.4 Å². The van der Waals surface area contributed by atoms with Gasteiger partial charge in [-0.15, -0.1) is 0 Å². The second-order valence-corrected chi connectivity index (χ2v) is 5.02. The van der Waals surface area contributed by atoms with E-state index in [0.717, 1.165) is 25.2 Å². The molecule has 0 saturated carbocycles. The first kappa shape index (κ1) is 14.3. The quantitative estimate of drug-likeness (QED) is 0.481. The predicted octanol–water partition coefficient (Wildman–Crippen LogP) is 2.62. The topological polar surface area (TPSA) is 72.7 Å². The summed E-state index contributed by atoms with van der Waals surface area (Å²) in [6.45, 7) is 5.84. The average Bonchev–Trinajstić information content (AvgIpc) is 2.85. The summed E-state index contributed by atoms with van der Waals surface area (Å²) in [5.41, 5.74) is 0.649. The number of ether oxygens (including phenoxy) is 1. The van der Waals surface area contributed by atoms with Crippen LogP contribution in [0.5, 0.6) is 0 Å². The van der Waals surface area contributed by atoms with Crippen molar-refractivity contribution in [3.05, 3.63) is 33.9 Å². The molecule has 1 saturated heterocycles. The van der Waals surface area contributed by atoms with Gasteiger partial charge in [0, 0.05) is 24.8 Å². The maximum absolute atomic E-state index is 11.9. The Morgan fingerprint density at radius 1 is 1.55 bits per heavy atom. The van der Waals surface area contributed by atoms with Crippen molar-refractivity contribution in [2.75, 3.05) is 24.6 Å². The summed E-state index contributed by atoms with van der Waals surface area (Å²) in [4.78, 5) is 24.4. The molecule has 1 atom stereocenters. The molecular formula is C14H18N2O4. The van der Waals surface area contributed by atoms with E-state index in [2.05, 4.69) is 11.8 Å². The highest BCUT2D eigenvalue weighted by Crippen LogP contribution is 2.29. The minimum absolute atomic E-state index is 0.0221. The Kier molecular flexibility index (Phi) is 4.22. The van der Waals surface area contributed by atoms with E-state index in [9.17, 15) is 14.9 Å². The number of nitro benzene ring substituents is 1. The van der Waals surface area contributed by atoms with Crippen LogP contribution in [0.3, 0.4) is 0 Å². The van der Waals surface area contributed by atoms with Crippen molar-refractivity contribution in [1.29, 1.82) is 0 Å². The van der Waals surface area contributed by atoms with Gasteiger partial charge in [0.2, 0.25) is 0 Å². The molecule has 1 aromatic rings. The largest absolute Gasteiger partial charge is 0.462 e. The summed E-state index contributed by atoms with van der Waals surface area (Å²) in [6, 6.07) is 4.64. The summed E-state index contributed by atoms with van der Waals surface area (Å²) >= 11 is 0. The SMILES string of the molecule is CCOC(=O)c1cc(N2CCC(C)C2)ccc1[N+](=O)[O-]. The van der Waals surface area contributed by atoms with E-state index in [1.165, 1.54) is 6.07 Å². The number of nitro groups is 1. The standard InChI is InChI=1S/C14H18N2O4/c1-3-20-14(17)12-8-11(4-5-13(12)16(18)19)15-7-6-10(2)9-15/h4-5,8,10H,3,6-7,9H2,1-2H3. The van der Waals surface area contributed by atoms with E-state index in [1.807, 2.05) is 0 Å². The second-order valence-electron chi connectivity index (χ2n) is 5.02. The fourth-order valence-corrected chi connectivity index (χ4v) is 2.42. The molecule has 1 unspecified atom stereocenters. The molecule has 1 heterocycles. The van der Waals surface area contributed by atoms with Gasteiger partial charge in [-0.2, -0.15) is 0 Å². The summed E-state index contributed by atoms with van der Waals surface area (Å²) in [5.74, 6) is -0.0514. The first-order valence-corrected chi connectivity index (χ1v) is 6.73. The lowest BCUT2D eigenvalue weighted by atomic mass is 10.1. The monoisotopic (exact) mass is 278 g/mol. The molecule has 1 aliphatic heterocycles. The fraction of sp³-hybridized carbons (Fsp3) is 0.500. The van der Waals surface area contributed by atoms with Gasteiger partial charge >= 0.3 is 5.97 Å². The number of hydrogen-bond acceptors (Lipinski definition) is 5. The van der Waals surface area contributed by atoms with Gasteiger partial charge in [-0.05, 0) is 31.4 Å². The van der Waals surface area contributed by atoms with Gasteiger partial charge < -0.3 is 9.64 Å². The highest BCUT2D eigenvalue weighted by atomic mass is 16.6. The highest BCUT2D eigenvalue weighted by molar-refractivity contribution is 5.95. The number of nitrogens with zero attached hydrogens (tertiary/aromatic N) is 2. The van der Waals surface area contributed by atoms with Crippen molar-refractivity contribution in [2.24, 2.45) is 5.92 Å². The van der Waals surface area contributed by atoms with Gasteiger partial charge in [-0.1, -0.05) is 6.92 Å². The lowest BCUT2D eigenvalue weighted by molar-refractivity contribution is -0.385. The highest BCUT2D eigenvalue weighted by Gasteiger charge is 2.25. The first-order chi connectivity index (χ1) is 9.52. The maximum Gasteiger partial charge on any atom is 0.345 e. The molecular weight excluding hydrogens is 260 g/mol. The Labute approximate surface area is 117 Å². The van der Waals surface area contributed by atoms with Crippen LogP contribution in [0, 0.1) is 16.0 Å². The molecule has 6 heteroatoms. The van der Waals surface area contributed by atoms with Crippen LogP contribution in [-0.4, -0.2) is 30.6 Å². The van der Waals surface area contributed by atoms with Gasteiger partial charge in [-0.3, -0.25) is 10.1 Å². The zero-order chi connectivity index (χ0) is 14.7. The molecule has 0 amide bonds. The molecule has 108 valence electrons. The minimum atomic E-state index is -0.645. The smallest absolute Gasteiger partial charge is 0.345 e. The van der Waals surface area contributed by atoms with E-state index in [0.29, 0.717) is 5.92 Å². The number of rotatable bonds is 4. The molecule has 0 radical (unpaired) electrons. The molecule has 0 spiro atoms. The number of carbonyl (C=O) groups is 1. The predicted molar refractivity (Wildman–Crippen MR) is 75.0 cm³/mol. The van der Waals surface area contributed by atoms with Crippen molar-refractivity contribution in [1.82, 2.24) is 0 Å². The van der Waals surface area contributed by atoms with Crippen LogP contribution < -0.4 is 4.90 Å².